The molecule has 2 aliphatic heterocycles. The smallest absolute Gasteiger partial charge is 0.253 e. The molecule has 162 valence electrons. The maximum absolute atomic E-state index is 12.8. The summed E-state index contributed by atoms with van der Waals surface area (Å²) in [6.07, 6.45) is 5.13. The Labute approximate surface area is 181 Å². The van der Waals surface area contributed by atoms with Gasteiger partial charge >= 0.3 is 0 Å². The van der Waals surface area contributed by atoms with Crippen molar-refractivity contribution < 1.29 is 9.59 Å². The van der Waals surface area contributed by atoms with E-state index in [4.69, 9.17) is 0 Å². The van der Waals surface area contributed by atoms with Crippen LogP contribution in [0.5, 0.6) is 0 Å². The van der Waals surface area contributed by atoms with Gasteiger partial charge in [-0.2, -0.15) is 0 Å². The molecule has 2 N–H and O–H groups in total. The maximum Gasteiger partial charge on any atom is 0.253 e. The van der Waals surface area contributed by atoms with Crippen molar-refractivity contribution in [3.63, 3.8) is 0 Å². The molecule has 5 nitrogen and oxygen atoms in total. The quantitative estimate of drug-likeness (QED) is 0.746. The third-order valence-electron chi connectivity index (χ3n) is 6.39. The molecule has 2 atom stereocenters. The van der Waals surface area contributed by atoms with Crippen LogP contribution in [0.1, 0.15) is 61.9 Å². The monoisotopic (exact) mass is 421 g/mol. The van der Waals surface area contributed by atoms with Crippen LogP contribution < -0.4 is 10.6 Å². The lowest BCUT2D eigenvalue weighted by atomic mass is 9.84. The second-order valence-electron chi connectivity index (χ2n) is 8.85. The highest BCUT2D eigenvalue weighted by Gasteiger charge is 2.24. The van der Waals surface area contributed by atoms with Gasteiger partial charge in [0.15, 0.2) is 0 Å². The lowest BCUT2D eigenvalue weighted by Gasteiger charge is -2.31. The molecule has 2 unspecified atom stereocenters. The fourth-order valence-electron chi connectivity index (χ4n) is 4.57. The van der Waals surface area contributed by atoms with Crippen molar-refractivity contribution >= 4 is 29.9 Å². The molecule has 0 bridgehead atoms. The number of piperidine rings is 2. The first-order valence-corrected chi connectivity index (χ1v) is 10.8. The molecule has 0 aromatic heterocycles. The van der Waals surface area contributed by atoms with Crippen LogP contribution in [0.15, 0.2) is 18.2 Å². The lowest BCUT2D eigenvalue weighted by molar-refractivity contribution is -0.117. The first-order chi connectivity index (χ1) is 13.4. The largest absolute Gasteiger partial charge is 0.338 e. The molecule has 6 heteroatoms. The van der Waals surface area contributed by atoms with Crippen molar-refractivity contribution in [1.29, 1.82) is 0 Å². The van der Waals surface area contributed by atoms with Gasteiger partial charge in [-0.05, 0) is 87.2 Å². The number of anilines is 1. The normalized spacial score (nSPS) is 21.2. The minimum absolute atomic E-state index is 0. The Morgan fingerprint density at radius 1 is 1.24 bits per heavy atom. The van der Waals surface area contributed by atoms with Crippen LogP contribution in [-0.4, -0.2) is 42.9 Å². The van der Waals surface area contributed by atoms with Crippen LogP contribution >= 0.6 is 12.4 Å². The number of carbonyl (C=O) groups excluding carboxylic acids is 2. The van der Waals surface area contributed by atoms with Crippen LogP contribution in [-0.2, 0) is 4.79 Å². The van der Waals surface area contributed by atoms with Crippen molar-refractivity contribution in [2.24, 2.45) is 17.8 Å². The fraction of sp³-hybridized carbons (Fsp3) is 0.652. The van der Waals surface area contributed by atoms with Crippen LogP contribution in [0.2, 0.25) is 0 Å². The molecule has 2 saturated heterocycles. The first-order valence-electron chi connectivity index (χ1n) is 10.8. The minimum atomic E-state index is 0. The highest BCUT2D eigenvalue weighted by Crippen LogP contribution is 2.26. The number of rotatable bonds is 5. The van der Waals surface area contributed by atoms with Gasteiger partial charge in [0, 0.05) is 30.8 Å². The molecule has 2 aliphatic rings. The number of amides is 2. The van der Waals surface area contributed by atoms with E-state index in [0.717, 1.165) is 56.7 Å². The number of halogens is 1. The zero-order valence-corrected chi connectivity index (χ0v) is 18.8. The van der Waals surface area contributed by atoms with Crippen molar-refractivity contribution in [2.45, 2.75) is 52.9 Å². The van der Waals surface area contributed by atoms with E-state index >= 15 is 0 Å². The Bertz CT molecular complexity index is 703. The Morgan fingerprint density at radius 2 is 1.97 bits per heavy atom. The van der Waals surface area contributed by atoms with E-state index in [1.165, 1.54) is 6.42 Å². The number of nitrogens with zero attached hydrogens (tertiary/aromatic N) is 1. The SMILES string of the molecule is Cc1cc(C(=O)N2CCCC(C)C2)ccc1NC(=O)CC(C)C1CCNCC1.Cl. The first kappa shape index (κ1) is 23.7. The van der Waals surface area contributed by atoms with Crippen molar-refractivity contribution in [2.75, 3.05) is 31.5 Å². The van der Waals surface area contributed by atoms with Crippen molar-refractivity contribution in [3.05, 3.63) is 29.3 Å². The summed E-state index contributed by atoms with van der Waals surface area (Å²) in [5.74, 6) is 1.76. The summed E-state index contributed by atoms with van der Waals surface area (Å²) < 4.78 is 0. The summed E-state index contributed by atoms with van der Waals surface area (Å²) in [7, 11) is 0. The molecular weight excluding hydrogens is 386 g/mol. The predicted molar refractivity (Wildman–Crippen MR) is 121 cm³/mol. The molecule has 0 spiro atoms. The van der Waals surface area contributed by atoms with Gasteiger partial charge in [-0.25, -0.2) is 0 Å². The summed E-state index contributed by atoms with van der Waals surface area (Å²) in [6.45, 7) is 10.1. The van der Waals surface area contributed by atoms with Crippen LogP contribution in [0, 0.1) is 24.7 Å². The summed E-state index contributed by atoms with van der Waals surface area (Å²) >= 11 is 0. The number of likely N-dealkylation sites (tertiary alicyclic amines) is 1. The number of carbonyl (C=O) groups is 2. The van der Waals surface area contributed by atoms with E-state index in [2.05, 4.69) is 24.5 Å². The van der Waals surface area contributed by atoms with Gasteiger partial charge in [-0.15, -0.1) is 12.4 Å². The average molecular weight is 422 g/mol. The highest BCUT2D eigenvalue weighted by molar-refractivity contribution is 5.96. The lowest BCUT2D eigenvalue weighted by Crippen LogP contribution is -2.39. The molecule has 3 rings (SSSR count). The molecule has 1 aromatic carbocycles. The molecule has 2 heterocycles. The molecule has 0 aliphatic carbocycles. The van der Waals surface area contributed by atoms with E-state index in [9.17, 15) is 9.59 Å². The van der Waals surface area contributed by atoms with E-state index in [-0.39, 0.29) is 24.2 Å². The summed E-state index contributed by atoms with van der Waals surface area (Å²) in [6, 6.07) is 5.64. The van der Waals surface area contributed by atoms with Crippen LogP contribution in [0.3, 0.4) is 0 Å². The summed E-state index contributed by atoms with van der Waals surface area (Å²) in [4.78, 5) is 27.3. The molecule has 29 heavy (non-hydrogen) atoms. The zero-order valence-electron chi connectivity index (χ0n) is 18.0. The number of hydrogen-bond donors (Lipinski definition) is 2. The van der Waals surface area contributed by atoms with Crippen molar-refractivity contribution in [3.8, 4) is 0 Å². The van der Waals surface area contributed by atoms with E-state index < -0.39 is 0 Å². The van der Waals surface area contributed by atoms with E-state index in [0.29, 0.717) is 29.7 Å². The molecule has 2 amide bonds. The Morgan fingerprint density at radius 3 is 2.62 bits per heavy atom. The average Bonchev–Trinajstić information content (AvgIpc) is 2.69. The maximum atomic E-state index is 12.8. The Balaban J connectivity index is 0.00000300. The van der Waals surface area contributed by atoms with Crippen molar-refractivity contribution in [1.82, 2.24) is 10.2 Å². The molecular formula is C23H36ClN3O2. The highest BCUT2D eigenvalue weighted by atomic mass is 35.5. The topological polar surface area (TPSA) is 61.4 Å². The number of nitrogens with one attached hydrogen (secondary N) is 2. The second-order valence-corrected chi connectivity index (χ2v) is 8.85. The number of aryl methyl sites for hydroxylation is 1. The fourth-order valence-corrected chi connectivity index (χ4v) is 4.57. The minimum Gasteiger partial charge on any atom is -0.338 e. The van der Waals surface area contributed by atoms with Gasteiger partial charge in [-0.1, -0.05) is 13.8 Å². The van der Waals surface area contributed by atoms with Gasteiger partial charge in [0.25, 0.3) is 5.91 Å². The van der Waals surface area contributed by atoms with E-state index in [1.807, 2.05) is 30.0 Å². The standard InChI is InChI=1S/C23H35N3O2.ClH/c1-16-5-4-12-26(15-16)23(28)20-6-7-21(18(3)13-20)25-22(27)14-17(2)19-8-10-24-11-9-19;/h6-7,13,16-17,19,24H,4-5,8-12,14-15H2,1-3H3,(H,25,27);1H. The number of benzene rings is 1. The molecule has 0 saturated carbocycles. The van der Waals surface area contributed by atoms with Crippen LogP contribution in [0.25, 0.3) is 0 Å². The van der Waals surface area contributed by atoms with Gasteiger partial charge in [0.2, 0.25) is 5.91 Å². The Hall–Kier alpha value is -1.59. The van der Waals surface area contributed by atoms with Gasteiger partial charge in [0.05, 0.1) is 0 Å². The Kier molecular flexibility index (Phi) is 8.97. The van der Waals surface area contributed by atoms with Gasteiger partial charge in [0.1, 0.15) is 0 Å². The number of hydrogen-bond acceptors (Lipinski definition) is 3. The van der Waals surface area contributed by atoms with Gasteiger partial charge < -0.3 is 15.5 Å². The van der Waals surface area contributed by atoms with E-state index in [1.54, 1.807) is 0 Å². The second kappa shape index (κ2) is 11.0. The zero-order chi connectivity index (χ0) is 20.1. The predicted octanol–water partition coefficient (Wildman–Crippen LogP) is 4.25. The third kappa shape index (κ3) is 6.45. The summed E-state index contributed by atoms with van der Waals surface area (Å²) in [5, 5.41) is 6.43. The van der Waals surface area contributed by atoms with Crippen LogP contribution in [0.4, 0.5) is 5.69 Å². The van der Waals surface area contributed by atoms with Gasteiger partial charge in [-0.3, -0.25) is 9.59 Å². The molecule has 0 radical (unpaired) electrons. The third-order valence-corrected chi connectivity index (χ3v) is 6.39. The summed E-state index contributed by atoms with van der Waals surface area (Å²) in [5.41, 5.74) is 2.47. The molecule has 1 aromatic rings. The molecule has 2 fully saturated rings.